The van der Waals surface area contributed by atoms with Crippen LogP contribution in [0.4, 0.5) is 0 Å². The number of hydrogen-bond acceptors (Lipinski definition) is 4. The summed E-state index contributed by atoms with van der Waals surface area (Å²) in [5.41, 5.74) is 2.65. The highest BCUT2D eigenvalue weighted by molar-refractivity contribution is 7.89. The molecule has 27 heavy (non-hydrogen) atoms. The average molecular weight is 394 g/mol. The van der Waals surface area contributed by atoms with Crippen LogP contribution >= 0.6 is 0 Å². The molecule has 1 aliphatic rings. The SMILES string of the molecule is C=C(C)CN(CC)C(=O)CN1CCN(S(=O)(=O)c2cc(C)ccc2C)CC1. The first-order valence-electron chi connectivity index (χ1n) is 9.37. The molecule has 0 N–H and O–H groups in total. The Morgan fingerprint density at radius 3 is 2.37 bits per heavy atom. The predicted octanol–water partition coefficient (Wildman–Crippen LogP) is 2.03. The molecule has 7 heteroatoms. The van der Waals surface area contributed by atoms with E-state index < -0.39 is 10.0 Å². The van der Waals surface area contributed by atoms with E-state index in [-0.39, 0.29) is 5.91 Å². The van der Waals surface area contributed by atoms with Crippen LogP contribution in [-0.2, 0) is 14.8 Å². The molecule has 0 radical (unpaired) electrons. The van der Waals surface area contributed by atoms with Crippen LogP contribution < -0.4 is 0 Å². The van der Waals surface area contributed by atoms with Gasteiger partial charge in [0.1, 0.15) is 0 Å². The van der Waals surface area contributed by atoms with E-state index in [4.69, 9.17) is 0 Å². The number of rotatable bonds is 7. The summed E-state index contributed by atoms with van der Waals surface area (Å²) < 4.78 is 27.5. The van der Waals surface area contributed by atoms with Gasteiger partial charge in [0.15, 0.2) is 0 Å². The molecule has 6 nitrogen and oxygen atoms in total. The summed E-state index contributed by atoms with van der Waals surface area (Å²) in [6.45, 7) is 14.9. The first-order chi connectivity index (χ1) is 12.6. The van der Waals surface area contributed by atoms with Crippen LogP contribution in [-0.4, -0.2) is 74.2 Å². The second-order valence-corrected chi connectivity index (χ2v) is 9.22. The molecule has 1 heterocycles. The number of benzene rings is 1. The van der Waals surface area contributed by atoms with Gasteiger partial charge in [-0.3, -0.25) is 9.69 Å². The van der Waals surface area contributed by atoms with Gasteiger partial charge in [-0.05, 0) is 44.9 Å². The monoisotopic (exact) mass is 393 g/mol. The second-order valence-electron chi connectivity index (χ2n) is 7.31. The normalized spacial score (nSPS) is 16.3. The van der Waals surface area contributed by atoms with Crippen molar-refractivity contribution in [2.24, 2.45) is 0 Å². The first kappa shape index (κ1) is 21.6. The minimum absolute atomic E-state index is 0.0614. The number of piperazine rings is 1. The maximum atomic E-state index is 13.0. The fourth-order valence-electron chi connectivity index (χ4n) is 3.25. The van der Waals surface area contributed by atoms with E-state index >= 15 is 0 Å². The van der Waals surface area contributed by atoms with E-state index in [1.807, 2.05) is 44.7 Å². The molecule has 0 atom stereocenters. The third kappa shape index (κ3) is 5.40. The molecule has 1 aromatic carbocycles. The highest BCUT2D eigenvalue weighted by atomic mass is 32.2. The third-order valence-corrected chi connectivity index (χ3v) is 6.89. The molecule has 150 valence electrons. The molecule has 0 bridgehead atoms. The Morgan fingerprint density at radius 2 is 1.81 bits per heavy atom. The number of carbonyl (C=O) groups is 1. The number of likely N-dealkylation sites (N-methyl/N-ethyl adjacent to an activating group) is 1. The Morgan fingerprint density at radius 1 is 1.19 bits per heavy atom. The Hall–Kier alpha value is -1.70. The van der Waals surface area contributed by atoms with Crippen LogP contribution in [0.15, 0.2) is 35.2 Å². The fraction of sp³-hybridized carbons (Fsp3) is 0.550. The summed E-state index contributed by atoms with van der Waals surface area (Å²) in [5, 5.41) is 0. The summed E-state index contributed by atoms with van der Waals surface area (Å²) in [6, 6.07) is 5.50. The summed E-state index contributed by atoms with van der Waals surface area (Å²) in [6.07, 6.45) is 0. The molecule has 1 saturated heterocycles. The van der Waals surface area contributed by atoms with Crippen LogP contribution in [0, 0.1) is 13.8 Å². The number of hydrogen-bond donors (Lipinski definition) is 0. The number of sulfonamides is 1. The zero-order chi connectivity index (χ0) is 20.2. The van der Waals surface area contributed by atoms with Crippen LogP contribution in [0.1, 0.15) is 25.0 Å². The van der Waals surface area contributed by atoms with Gasteiger partial charge in [0.2, 0.25) is 15.9 Å². The lowest BCUT2D eigenvalue weighted by molar-refractivity contribution is -0.132. The quantitative estimate of drug-likeness (QED) is 0.665. The van der Waals surface area contributed by atoms with Crippen molar-refractivity contribution >= 4 is 15.9 Å². The highest BCUT2D eigenvalue weighted by Gasteiger charge is 2.30. The molecule has 1 amide bonds. The molecule has 1 aromatic rings. The van der Waals surface area contributed by atoms with Gasteiger partial charge >= 0.3 is 0 Å². The molecule has 2 rings (SSSR count). The smallest absolute Gasteiger partial charge is 0.243 e. The number of amides is 1. The van der Waals surface area contributed by atoms with Gasteiger partial charge in [-0.1, -0.05) is 24.3 Å². The molecule has 0 saturated carbocycles. The third-order valence-electron chi connectivity index (χ3n) is 4.85. The van der Waals surface area contributed by atoms with E-state index in [1.165, 1.54) is 4.31 Å². The van der Waals surface area contributed by atoms with Gasteiger partial charge in [-0.2, -0.15) is 4.31 Å². The van der Waals surface area contributed by atoms with Gasteiger partial charge in [-0.15, -0.1) is 0 Å². The van der Waals surface area contributed by atoms with Crippen molar-refractivity contribution in [3.63, 3.8) is 0 Å². The molecule has 1 aliphatic heterocycles. The maximum Gasteiger partial charge on any atom is 0.243 e. The van der Waals surface area contributed by atoms with Gasteiger partial charge in [0, 0.05) is 39.3 Å². The van der Waals surface area contributed by atoms with E-state index in [0.29, 0.717) is 50.7 Å². The van der Waals surface area contributed by atoms with E-state index in [1.54, 1.807) is 11.0 Å². The van der Waals surface area contributed by atoms with Gasteiger partial charge in [0.25, 0.3) is 0 Å². The summed E-state index contributed by atoms with van der Waals surface area (Å²) in [5.74, 6) is 0.0614. The molecular weight excluding hydrogens is 362 g/mol. The van der Waals surface area contributed by atoms with Crippen molar-refractivity contribution in [1.29, 1.82) is 0 Å². The topological polar surface area (TPSA) is 60.9 Å². The molecule has 1 fully saturated rings. The van der Waals surface area contributed by atoms with E-state index in [2.05, 4.69) is 6.58 Å². The van der Waals surface area contributed by atoms with Crippen molar-refractivity contribution in [1.82, 2.24) is 14.1 Å². The van der Waals surface area contributed by atoms with Crippen LogP contribution in [0.5, 0.6) is 0 Å². The molecule has 0 aromatic heterocycles. The van der Waals surface area contributed by atoms with Crippen molar-refractivity contribution in [2.75, 3.05) is 45.8 Å². The predicted molar refractivity (Wildman–Crippen MR) is 108 cm³/mol. The fourth-order valence-corrected chi connectivity index (χ4v) is 4.98. The lowest BCUT2D eigenvalue weighted by Gasteiger charge is -2.35. The molecule has 0 aliphatic carbocycles. The van der Waals surface area contributed by atoms with E-state index in [0.717, 1.165) is 16.7 Å². The number of aryl methyl sites for hydroxylation is 2. The second kappa shape index (κ2) is 8.99. The summed E-state index contributed by atoms with van der Waals surface area (Å²) >= 11 is 0. The Kier molecular flexibility index (Phi) is 7.19. The lowest BCUT2D eigenvalue weighted by atomic mass is 10.2. The van der Waals surface area contributed by atoms with Crippen molar-refractivity contribution < 1.29 is 13.2 Å². The van der Waals surface area contributed by atoms with Crippen molar-refractivity contribution in [3.05, 3.63) is 41.5 Å². The largest absolute Gasteiger partial charge is 0.338 e. The van der Waals surface area contributed by atoms with Gasteiger partial charge in [0.05, 0.1) is 11.4 Å². The first-order valence-corrected chi connectivity index (χ1v) is 10.8. The zero-order valence-electron chi connectivity index (χ0n) is 16.9. The number of nitrogens with zero attached hydrogens (tertiary/aromatic N) is 3. The minimum Gasteiger partial charge on any atom is -0.338 e. The maximum absolute atomic E-state index is 13.0. The Bertz CT molecular complexity index is 797. The molecule has 0 unspecified atom stereocenters. The van der Waals surface area contributed by atoms with Gasteiger partial charge in [-0.25, -0.2) is 8.42 Å². The average Bonchev–Trinajstić information content (AvgIpc) is 2.61. The van der Waals surface area contributed by atoms with Crippen molar-refractivity contribution in [3.8, 4) is 0 Å². The Balaban J connectivity index is 1.99. The van der Waals surface area contributed by atoms with Crippen LogP contribution in [0.25, 0.3) is 0 Å². The minimum atomic E-state index is -3.50. The molecular formula is C20H31N3O3S. The standard InChI is InChI=1S/C20H31N3O3S/c1-6-22(14-16(2)3)20(24)15-21-9-11-23(12-10-21)27(25,26)19-13-17(4)7-8-18(19)5/h7-8,13H,2,6,9-12,14-15H2,1,3-5H3. The number of carbonyl (C=O) groups excluding carboxylic acids is 1. The summed E-state index contributed by atoms with van der Waals surface area (Å²) in [4.78, 5) is 16.7. The lowest BCUT2D eigenvalue weighted by Crippen LogP contribution is -2.51. The Labute approximate surface area is 163 Å². The van der Waals surface area contributed by atoms with Crippen LogP contribution in [0.2, 0.25) is 0 Å². The summed E-state index contributed by atoms with van der Waals surface area (Å²) in [7, 11) is -3.50. The van der Waals surface area contributed by atoms with Gasteiger partial charge < -0.3 is 4.90 Å². The van der Waals surface area contributed by atoms with E-state index in [9.17, 15) is 13.2 Å². The molecule has 0 spiro atoms. The highest BCUT2D eigenvalue weighted by Crippen LogP contribution is 2.22. The van der Waals surface area contributed by atoms with Crippen molar-refractivity contribution in [2.45, 2.75) is 32.6 Å². The van der Waals surface area contributed by atoms with Crippen LogP contribution in [0.3, 0.4) is 0 Å². The zero-order valence-corrected chi connectivity index (χ0v) is 17.7.